The summed E-state index contributed by atoms with van der Waals surface area (Å²) in [5.74, 6) is -0.770. The van der Waals surface area contributed by atoms with Gasteiger partial charge in [-0.2, -0.15) is 0 Å². The highest BCUT2D eigenvalue weighted by atomic mass is 79.9. The largest absolute Gasteiger partial charge is 0.377 e. The number of carbonyl (C=O) groups is 2. The van der Waals surface area contributed by atoms with E-state index in [1.807, 2.05) is 12.1 Å². The molecule has 0 aliphatic heterocycles. The Balaban J connectivity index is 2.27. The highest BCUT2D eigenvalue weighted by Crippen LogP contribution is 2.29. The summed E-state index contributed by atoms with van der Waals surface area (Å²) in [4.78, 5) is 23.6. The van der Waals surface area contributed by atoms with Crippen LogP contribution >= 0.6 is 15.9 Å². The third-order valence-electron chi connectivity index (χ3n) is 2.75. The number of fused-ring (bicyclic) bond motifs is 1. The van der Waals surface area contributed by atoms with Crippen LogP contribution in [0.2, 0.25) is 0 Å². The van der Waals surface area contributed by atoms with E-state index in [0.717, 1.165) is 10.0 Å². The van der Waals surface area contributed by atoms with E-state index in [2.05, 4.69) is 15.9 Å². The van der Waals surface area contributed by atoms with Gasteiger partial charge in [0.15, 0.2) is 11.6 Å². The first-order valence-corrected chi connectivity index (χ1v) is 5.77. The fraction of sp³-hybridized carbons (Fsp3) is 0.333. The molecule has 16 heavy (non-hydrogen) atoms. The van der Waals surface area contributed by atoms with Gasteiger partial charge in [-0.1, -0.05) is 15.9 Å². The molecule has 0 radical (unpaired) electrons. The normalized spacial score (nSPS) is 18.6. The van der Waals surface area contributed by atoms with Crippen molar-refractivity contribution in [2.45, 2.75) is 6.42 Å². The lowest BCUT2D eigenvalue weighted by Gasteiger charge is -2.04. The van der Waals surface area contributed by atoms with E-state index in [1.54, 1.807) is 6.07 Å². The summed E-state index contributed by atoms with van der Waals surface area (Å²) in [5, 5.41) is 0. The summed E-state index contributed by atoms with van der Waals surface area (Å²) < 4.78 is 5.71. The molecule has 1 aliphatic carbocycles. The minimum Gasteiger partial charge on any atom is -0.377 e. The molecule has 1 aromatic rings. The van der Waals surface area contributed by atoms with Crippen LogP contribution in [0, 0.1) is 5.92 Å². The van der Waals surface area contributed by atoms with Gasteiger partial charge in [0.2, 0.25) is 0 Å². The molecule has 0 N–H and O–H groups in total. The van der Waals surface area contributed by atoms with Crippen LogP contribution in [0.25, 0.3) is 0 Å². The van der Waals surface area contributed by atoms with Gasteiger partial charge in [0, 0.05) is 17.1 Å². The molecule has 1 unspecified atom stereocenters. The van der Waals surface area contributed by atoms with Gasteiger partial charge in [0.25, 0.3) is 0 Å². The Labute approximate surface area is 102 Å². The highest BCUT2D eigenvalue weighted by Gasteiger charge is 2.35. The second kappa shape index (κ2) is 4.47. The molecule has 0 bridgehead atoms. The van der Waals surface area contributed by atoms with Gasteiger partial charge in [-0.15, -0.1) is 0 Å². The Hall–Kier alpha value is -1.00. The maximum atomic E-state index is 11.9. The van der Waals surface area contributed by atoms with Crippen LogP contribution < -0.4 is 0 Å². The van der Waals surface area contributed by atoms with E-state index in [4.69, 9.17) is 4.74 Å². The number of hydrogen-bond donors (Lipinski definition) is 0. The Morgan fingerprint density at radius 2 is 2.31 bits per heavy atom. The first-order valence-electron chi connectivity index (χ1n) is 4.97. The summed E-state index contributed by atoms with van der Waals surface area (Å²) in [6.45, 7) is 0.00552. The molecule has 0 heterocycles. The number of benzene rings is 1. The lowest BCUT2D eigenvalue weighted by atomic mass is 10.0. The van der Waals surface area contributed by atoms with E-state index in [9.17, 15) is 9.59 Å². The van der Waals surface area contributed by atoms with Crippen molar-refractivity contribution in [2.24, 2.45) is 5.92 Å². The molecule has 0 fully saturated rings. The number of methoxy groups -OCH3 is 1. The quantitative estimate of drug-likeness (QED) is 0.797. The first-order chi connectivity index (χ1) is 7.63. The first kappa shape index (κ1) is 11.5. The molecular weight excluding hydrogens is 272 g/mol. The van der Waals surface area contributed by atoms with Crippen LogP contribution in [0.15, 0.2) is 22.7 Å². The molecule has 0 aromatic heterocycles. The van der Waals surface area contributed by atoms with E-state index < -0.39 is 5.92 Å². The van der Waals surface area contributed by atoms with Crippen molar-refractivity contribution in [1.82, 2.24) is 0 Å². The number of carbonyl (C=O) groups excluding carboxylic acids is 2. The van der Waals surface area contributed by atoms with Crippen molar-refractivity contribution < 1.29 is 14.3 Å². The summed E-state index contributed by atoms with van der Waals surface area (Å²) in [5.41, 5.74) is 1.60. The number of ether oxygens (including phenoxy) is 1. The van der Waals surface area contributed by atoms with Gasteiger partial charge in [0.05, 0.1) is 5.92 Å². The minimum atomic E-state index is -0.552. The second-order valence-corrected chi connectivity index (χ2v) is 4.74. The molecular formula is C12H11BrO3. The number of halogens is 1. The molecule has 3 nitrogen and oxygen atoms in total. The van der Waals surface area contributed by atoms with Crippen molar-refractivity contribution >= 4 is 27.5 Å². The van der Waals surface area contributed by atoms with Crippen molar-refractivity contribution in [2.75, 3.05) is 13.7 Å². The number of ketones is 2. The maximum Gasteiger partial charge on any atom is 0.174 e. The SMILES string of the molecule is COCC(=O)C1Cc2cc(Br)ccc2C1=O. The Morgan fingerprint density at radius 3 is 3.00 bits per heavy atom. The van der Waals surface area contributed by atoms with E-state index >= 15 is 0 Å². The molecule has 4 heteroatoms. The molecule has 84 valence electrons. The van der Waals surface area contributed by atoms with Crippen LogP contribution in [-0.4, -0.2) is 25.3 Å². The number of hydrogen-bond acceptors (Lipinski definition) is 3. The van der Waals surface area contributed by atoms with Gasteiger partial charge < -0.3 is 4.74 Å². The zero-order valence-corrected chi connectivity index (χ0v) is 10.4. The van der Waals surface area contributed by atoms with Crippen LogP contribution in [-0.2, 0) is 16.0 Å². The summed E-state index contributed by atoms with van der Waals surface area (Å²) in [6.07, 6.45) is 0.496. The summed E-state index contributed by atoms with van der Waals surface area (Å²) in [7, 11) is 1.46. The van der Waals surface area contributed by atoms with Crippen molar-refractivity contribution in [3.05, 3.63) is 33.8 Å². The number of rotatable bonds is 3. The molecule has 1 aliphatic rings. The van der Waals surface area contributed by atoms with Crippen molar-refractivity contribution in [3.63, 3.8) is 0 Å². The fourth-order valence-electron chi connectivity index (χ4n) is 1.97. The fourth-order valence-corrected chi connectivity index (χ4v) is 2.38. The molecule has 0 amide bonds. The zero-order chi connectivity index (χ0) is 11.7. The van der Waals surface area contributed by atoms with Crippen LogP contribution in [0.1, 0.15) is 15.9 Å². The molecule has 0 saturated carbocycles. The molecule has 0 saturated heterocycles. The Bertz CT molecular complexity index is 454. The van der Waals surface area contributed by atoms with Gasteiger partial charge >= 0.3 is 0 Å². The minimum absolute atomic E-state index is 0.00552. The van der Waals surface area contributed by atoms with Crippen molar-refractivity contribution in [3.8, 4) is 0 Å². The predicted molar refractivity (Wildman–Crippen MR) is 62.5 cm³/mol. The topological polar surface area (TPSA) is 43.4 Å². The van der Waals surface area contributed by atoms with Gasteiger partial charge in [-0.3, -0.25) is 9.59 Å². The lowest BCUT2D eigenvalue weighted by Crippen LogP contribution is -2.24. The van der Waals surface area contributed by atoms with Crippen molar-refractivity contribution in [1.29, 1.82) is 0 Å². The summed E-state index contributed by atoms with van der Waals surface area (Å²) >= 11 is 3.35. The van der Waals surface area contributed by atoms with E-state index in [-0.39, 0.29) is 18.2 Å². The van der Waals surface area contributed by atoms with Crippen LogP contribution in [0.4, 0.5) is 0 Å². The van der Waals surface area contributed by atoms with Crippen LogP contribution in [0.5, 0.6) is 0 Å². The highest BCUT2D eigenvalue weighted by molar-refractivity contribution is 9.10. The lowest BCUT2D eigenvalue weighted by molar-refractivity contribution is -0.124. The Morgan fingerprint density at radius 1 is 1.56 bits per heavy atom. The second-order valence-electron chi connectivity index (χ2n) is 3.82. The summed E-state index contributed by atoms with van der Waals surface area (Å²) in [6, 6.07) is 5.48. The standard InChI is InChI=1S/C12H11BrO3/c1-16-6-11(14)10-5-7-4-8(13)2-3-9(7)12(10)15/h2-4,10H,5-6H2,1H3. The smallest absolute Gasteiger partial charge is 0.174 e. The maximum absolute atomic E-state index is 11.9. The van der Waals surface area contributed by atoms with Gasteiger partial charge in [0.1, 0.15) is 6.61 Å². The van der Waals surface area contributed by atoms with Crippen LogP contribution in [0.3, 0.4) is 0 Å². The predicted octanol–water partition coefficient (Wildman–Crippen LogP) is 2.02. The average molecular weight is 283 g/mol. The zero-order valence-electron chi connectivity index (χ0n) is 8.83. The monoisotopic (exact) mass is 282 g/mol. The molecule has 0 spiro atoms. The van der Waals surface area contributed by atoms with Gasteiger partial charge in [-0.25, -0.2) is 0 Å². The number of Topliss-reactive ketones (excluding diaryl/α,β-unsaturated/α-hetero) is 2. The average Bonchev–Trinajstić information content (AvgIpc) is 2.56. The molecule has 2 rings (SSSR count). The third kappa shape index (κ3) is 1.95. The molecule has 1 atom stereocenters. The molecule has 1 aromatic carbocycles. The van der Waals surface area contributed by atoms with Gasteiger partial charge in [-0.05, 0) is 30.2 Å². The van der Waals surface area contributed by atoms with E-state index in [1.165, 1.54) is 7.11 Å². The van der Waals surface area contributed by atoms with E-state index in [0.29, 0.717) is 12.0 Å². The Kier molecular flexibility index (Phi) is 3.21. The third-order valence-corrected chi connectivity index (χ3v) is 3.24.